The zero-order valence-corrected chi connectivity index (χ0v) is 19.4. The molecule has 186 valence electrons. The minimum absolute atomic E-state index is 0.0145. The minimum atomic E-state index is -4.65. The number of carbonyl (C=O) groups is 2. The maximum Gasteiger partial charge on any atom is 0.416 e. The lowest BCUT2D eigenvalue weighted by molar-refractivity contribution is -0.137. The number of hydrogen-bond acceptors (Lipinski definition) is 5. The molecule has 0 saturated carbocycles. The van der Waals surface area contributed by atoms with Crippen LogP contribution in [-0.2, 0) is 17.5 Å². The van der Waals surface area contributed by atoms with Crippen molar-refractivity contribution in [2.45, 2.75) is 33.0 Å². The molecule has 0 aliphatic carbocycles. The largest absolute Gasteiger partial charge is 0.462 e. The fourth-order valence-corrected chi connectivity index (χ4v) is 3.78. The molecule has 1 amide bonds. The summed E-state index contributed by atoms with van der Waals surface area (Å²) in [5.41, 5.74) is -1.58. The first-order chi connectivity index (χ1) is 17.2. The highest BCUT2D eigenvalue weighted by atomic mass is 19.4. The number of fused-ring (bicyclic) bond motifs is 2. The van der Waals surface area contributed by atoms with Crippen molar-refractivity contribution in [1.29, 1.82) is 0 Å². The van der Waals surface area contributed by atoms with Gasteiger partial charge >= 0.3 is 12.1 Å². The van der Waals surface area contributed by atoms with Gasteiger partial charge in [0.25, 0.3) is 11.5 Å². The number of benzene rings is 1. The van der Waals surface area contributed by atoms with Gasteiger partial charge in [0.05, 0.1) is 17.6 Å². The summed E-state index contributed by atoms with van der Waals surface area (Å²) in [5, 5.41) is 0.0978. The molecule has 3 aromatic heterocycles. The van der Waals surface area contributed by atoms with Gasteiger partial charge in [0.1, 0.15) is 16.9 Å². The Kier molecular flexibility index (Phi) is 6.73. The number of amides is 1. The van der Waals surface area contributed by atoms with Crippen LogP contribution in [0, 0.1) is 0 Å². The molecule has 0 N–H and O–H groups in total. The number of aryl methyl sites for hydroxylation is 1. The molecule has 0 saturated heterocycles. The van der Waals surface area contributed by atoms with E-state index in [1.54, 1.807) is 25.1 Å². The molecule has 0 fully saturated rings. The van der Waals surface area contributed by atoms with E-state index in [1.165, 1.54) is 27.3 Å². The Hall–Kier alpha value is -4.28. The second-order valence-corrected chi connectivity index (χ2v) is 7.83. The molecule has 0 spiro atoms. The van der Waals surface area contributed by atoms with Gasteiger partial charge in [-0.25, -0.2) is 9.78 Å². The van der Waals surface area contributed by atoms with Gasteiger partial charge < -0.3 is 9.30 Å². The van der Waals surface area contributed by atoms with Crippen LogP contribution in [0.4, 0.5) is 13.2 Å². The third-order valence-electron chi connectivity index (χ3n) is 5.38. The maximum absolute atomic E-state index is 13.2. The number of rotatable bonds is 5. The van der Waals surface area contributed by atoms with Crippen molar-refractivity contribution < 1.29 is 27.5 Å². The first-order valence-electron chi connectivity index (χ1n) is 11.1. The summed E-state index contributed by atoms with van der Waals surface area (Å²) < 4.78 is 47.4. The van der Waals surface area contributed by atoms with E-state index in [2.05, 4.69) is 9.98 Å². The lowest BCUT2D eigenvalue weighted by Crippen LogP contribution is -2.32. The summed E-state index contributed by atoms with van der Waals surface area (Å²) in [6.45, 7) is 3.66. The molecule has 0 aliphatic rings. The highest BCUT2D eigenvalue weighted by molar-refractivity contribution is 5.97. The Bertz CT molecular complexity index is 1620. The summed E-state index contributed by atoms with van der Waals surface area (Å²) in [5.74, 6) is -1.83. The van der Waals surface area contributed by atoms with Crippen LogP contribution in [0.15, 0.2) is 64.5 Å². The Morgan fingerprint density at radius 3 is 2.56 bits per heavy atom. The topological polar surface area (TPSA) is 95.0 Å². The van der Waals surface area contributed by atoms with Gasteiger partial charge in [-0.3, -0.25) is 14.0 Å². The van der Waals surface area contributed by atoms with Gasteiger partial charge in [0.15, 0.2) is 5.49 Å². The summed E-state index contributed by atoms with van der Waals surface area (Å²) in [6, 6.07) is 10.1. The van der Waals surface area contributed by atoms with E-state index in [9.17, 15) is 27.6 Å². The van der Waals surface area contributed by atoms with Crippen molar-refractivity contribution in [3.63, 3.8) is 0 Å². The Balaban J connectivity index is 2.07. The summed E-state index contributed by atoms with van der Waals surface area (Å²) >= 11 is 0. The molecule has 0 atom stereocenters. The molecule has 36 heavy (non-hydrogen) atoms. The molecule has 0 radical (unpaired) electrons. The van der Waals surface area contributed by atoms with Gasteiger partial charge in [0, 0.05) is 18.3 Å². The first-order valence-corrected chi connectivity index (χ1v) is 11.1. The molecule has 4 rings (SSSR count). The van der Waals surface area contributed by atoms with Gasteiger partial charge in [-0.1, -0.05) is 19.1 Å². The molecule has 11 heteroatoms. The van der Waals surface area contributed by atoms with Crippen molar-refractivity contribution >= 4 is 28.6 Å². The molecule has 1 aromatic carbocycles. The number of halogens is 3. The fraction of sp³-hybridized carbons (Fsp3) is 0.240. The Morgan fingerprint density at radius 2 is 1.86 bits per heavy atom. The Morgan fingerprint density at radius 1 is 1.08 bits per heavy atom. The lowest BCUT2D eigenvalue weighted by atomic mass is 10.1. The van der Waals surface area contributed by atoms with Crippen molar-refractivity contribution in [2.24, 2.45) is 4.99 Å². The summed E-state index contributed by atoms with van der Waals surface area (Å²) in [4.78, 5) is 47.7. The van der Waals surface area contributed by atoms with Gasteiger partial charge in [-0.15, -0.1) is 0 Å². The standard InChI is InChI=1S/C25H21F3N4O4/c1-3-11-32-20-17(23(34)31-12-6-5-10-19(31)29-20)14-18(24(35)36-4-2)21(32)30-22(33)15-8-7-9-16(13-15)25(26,27)28/h5-10,12-14H,3-4,11H2,1-2H3. The van der Waals surface area contributed by atoms with Crippen molar-refractivity contribution in [3.8, 4) is 0 Å². The van der Waals surface area contributed by atoms with Gasteiger partial charge in [0.2, 0.25) is 0 Å². The average molecular weight is 498 g/mol. The van der Waals surface area contributed by atoms with Crippen LogP contribution in [0.2, 0.25) is 0 Å². The normalized spacial score (nSPS) is 12.3. The predicted molar refractivity (Wildman–Crippen MR) is 125 cm³/mol. The van der Waals surface area contributed by atoms with E-state index < -0.39 is 29.2 Å². The molecular formula is C25H21F3N4O4. The Labute approximate surface area is 202 Å². The van der Waals surface area contributed by atoms with Gasteiger partial charge in [-0.05, 0) is 49.7 Å². The predicted octanol–water partition coefficient (Wildman–Crippen LogP) is 4.00. The van der Waals surface area contributed by atoms with E-state index >= 15 is 0 Å². The summed E-state index contributed by atoms with van der Waals surface area (Å²) in [7, 11) is 0. The SMILES string of the molecule is CCCn1c(=NC(=O)c2cccc(C(F)(F)F)c2)c(C(=O)OCC)cc2c(=O)n3ccccc3nc21. The van der Waals surface area contributed by atoms with Crippen LogP contribution >= 0.6 is 0 Å². The van der Waals surface area contributed by atoms with E-state index in [0.717, 1.165) is 12.1 Å². The summed E-state index contributed by atoms with van der Waals surface area (Å²) in [6.07, 6.45) is -2.60. The third kappa shape index (κ3) is 4.64. The molecule has 0 bridgehead atoms. The molecule has 3 heterocycles. The maximum atomic E-state index is 13.2. The van der Waals surface area contributed by atoms with E-state index in [0.29, 0.717) is 18.1 Å². The quantitative estimate of drug-likeness (QED) is 0.306. The first kappa shape index (κ1) is 24.8. The van der Waals surface area contributed by atoms with Crippen molar-refractivity contribution in [1.82, 2.24) is 14.0 Å². The van der Waals surface area contributed by atoms with Crippen LogP contribution in [0.25, 0.3) is 16.7 Å². The van der Waals surface area contributed by atoms with Crippen LogP contribution in [-0.4, -0.2) is 32.4 Å². The second-order valence-electron chi connectivity index (χ2n) is 7.83. The molecule has 0 aliphatic heterocycles. The van der Waals surface area contributed by atoms with Crippen LogP contribution in [0.3, 0.4) is 0 Å². The van der Waals surface area contributed by atoms with E-state index in [-0.39, 0.29) is 40.8 Å². The zero-order chi connectivity index (χ0) is 26.0. The zero-order valence-electron chi connectivity index (χ0n) is 19.4. The van der Waals surface area contributed by atoms with Crippen LogP contribution in [0.1, 0.15) is 46.5 Å². The lowest BCUT2D eigenvalue weighted by Gasteiger charge is -2.14. The number of alkyl halides is 3. The van der Waals surface area contributed by atoms with E-state index in [1.807, 2.05) is 6.92 Å². The second kappa shape index (κ2) is 9.76. The molecular weight excluding hydrogens is 477 g/mol. The van der Waals surface area contributed by atoms with Gasteiger partial charge in [-0.2, -0.15) is 18.2 Å². The molecule has 0 unspecified atom stereocenters. The van der Waals surface area contributed by atoms with E-state index in [4.69, 9.17) is 4.74 Å². The number of carbonyl (C=O) groups excluding carboxylic acids is 2. The minimum Gasteiger partial charge on any atom is -0.462 e. The average Bonchev–Trinajstić information content (AvgIpc) is 2.85. The third-order valence-corrected chi connectivity index (χ3v) is 5.38. The van der Waals surface area contributed by atoms with Crippen LogP contribution in [0.5, 0.6) is 0 Å². The highest BCUT2D eigenvalue weighted by Gasteiger charge is 2.31. The number of pyridine rings is 2. The monoisotopic (exact) mass is 498 g/mol. The number of hydrogen-bond donors (Lipinski definition) is 0. The fourth-order valence-electron chi connectivity index (χ4n) is 3.78. The number of aromatic nitrogens is 3. The van der Waals surface area contributed by atoms with Crippen molar-refractivity contribution in [2.75, 3.05) is 6.61 Å². The molecule has 4 aromatic rings. The highest BCUT2D eigenvalue weighted by Crippen LogP contribution is 2.29. The number of ether oxygens (including phenoxy) is 1. The van der Waals surface area contributed by atoms with Crippen LogP contribution < -0.4 is 11.0 Å². The number of nitrogens with zero attached hydrogens (tertiary/aromatic N) is 4. The smallest absolute Gasteiger partial charge is 0.416 e. The van der Waals surface area contributed by atoms with Crippen molar-refractivity contribution in [3.05, 3.63) is 87.3 Å². The number of esters is 1. The molecule has 8 nitrogen and oxygen atoms in total.